The maximum atomic E-state index is 13.0. The molecule has 0 saturated heterocycles. The summed E-state index contributed by atoms with van der Waals surface area (Å²) in [6, 6.07) is 6.04. The van der Waals surface area contributed by atoms with Crippen LogP contribution in [0.15, 0.2) is 28.8 Å². The molecule has 136 valence electrons. The number of carbonyl (C=O) groups is 1. The van der Waals surface area contributed by atoms with E-state index in [4.69, 9.17) is 4.52 Å². The van der Waals surface area contributed by atoms with Crippen molar-refractivity contribution in [3.05, 3.63) is 36.0 Å². The van der Waals surface area contributed by atoms with E-state index in [0.717, 1.165) is 0 Å². The van der Waals surface area contributed by atoms with Crippen molar-refractivity contribution in [3.8, 4) is 11.4 Å². The fourth-order valence-corrected chi connectivity index (χ4v) is 2.51. The topological polar surface area (TPSA) is 59.2 Å². The minimum atomic E-state index is -0.308. The van der Waals surface area contributed by atoms with Gasteiger partial charge in [-0.2, -0.15) is 4.98 Å². The molecule has 0 atom stereocenters. The second kappa shape index (κ2) is 7.76. The van der Waals surface area contributed by atoms with Gasteiger partial charge in [0.05, 0.1) is 0 Å². The molecule has 1 heterocycles. The zero-order valence-electron chi connectivity index (χ0n) is 15.5. The van der Waals surface area contributed by atoms with E-state index in [-0.39, 0.29) is 23.2 Å². The molecule has 25 heavy (non-hydrogen) atoms. The fraction of sp³-hybridized carbons (Fsp3) is 0.526. The molecule has 0 saturated carbocycles. The van der Waals surface area contributed by atoms with Crippen LogP contribution in [0.3, 0.4) is 0 Å². The smallest absolute Gasteiger partial charge is 0.228 e. The standard InChI is InChI=1S/C19H26FN3O2/c1-13(2)23(17(24)12-19(3,4)5)11-10-16-21-18(22-25-16)14-6-8-15(20)9-7-14/h6-9,13H,10-12H2,1-5H3. The molecule has 0 N–H and O–H groups in total. The van der Waals surface area contributed by atoms with Crippen molar-refractivity contribution in [3.63, 3.8) is 0 Å². The first kappa shape index (κ1) is 19.1. The molecule has 2 aromatic rings. The minimum absolute atomic E-state index is 0.0511. The molecule has 0 spiro atoms. The first-order valence-corrected chi connectivity index (χ1v) is 8.54. The van der Waals surface area contributed by atoms with E-state index < -0.39 is 0 Å². The van der Waals surface area contributed by atoms with Crippen molar-refractivity contribution in [2.24, 2.45) is 5.41 Å². The lowest BCUT2D eigenvalue weighted by Crippen LogP contribution is -2.40. The van der Waals surface area contributed by atoms with Crippen LogP contribution in [-0.4, -0.2) is 33.5 Å². The fourth-order valence-electron chi connectivity index (χ4n) is 2.51. The Labute approximate surface area is 148 Å². The van der Waals surface area contributed by atoms with Gasteiger partial charge in [0.2, 0.25) is 17.6 Å². The molecule has 0 aliphatic rings. The molecular formula is C19H26FN3O2. The average molecular weight is 347 g/mol. The van der Waals surface area contributed by atoms with E-state index in [0.29, 0.717) is 36.7 Å². The third kappa shape index (κ3) is 5.66. The molecule has 0 bridgehead atoms. The highest BCUT2D eigenvalue weighted by Crippen LogP contribution is 2.21. The Bertz CT molecular complexity index is 702. The van der Waals surface area contributed by atoms with Crippen LogP contribution in [-0.2, 0) is 11.2 Å². The van der Waals surface area contributed by atoms with Gasteiger partial charge >= 0.3 is 0 Å². The van der Waals surface area contributed by atoms with E-state index in [1.807, 2.05) is 18.7 Å². The number of aromatic nitrogens is 2. The van der Waals surface area contributed by atoms with Crippen LogP contribution in [0.4, 0.5) is 4.39 Å². The Morgan fingerprint density at radius 2 is 1.88 bits per heavy atom. The van der Waals surface area contributed by atoms with Crippen molar-refractivity contribution in [2.75, 3.05) is 6.54 Å². The lowest BCUT2D eigenvalue weighted by atomic mass is 9.91. The van der Waals surface area contributed by atoms with Crippen molar-refractivity contribution in [2.45, 2.75) is 53.5 Å². The van der Waals surface area contributed by atoms with Gasteiger partial charge in [0.15, 0.2) is 0 Å². The molecular weight excluding hydrogens is 321 g/mol. The first-order valence-electron chi connectivity index (χ1n) is 8.54. The summed E-state index contributed by atoms with van der Waals surface area (Å²) < 4.78 is 18.3. The quantitative estimate of drug-likeness (QED) is 0.789. The zero-order chi connectivity index (χ0) is 18.6. The van der Waals surface area contributed by atoms with Gasteiger partial charge < -0.3 is 9.42 Å². The van der Waals surface area contributed by atoms with Crippen molar-refractivity contribution in [1.29, 1.82) is 0 Å². The second-order valence-corrected chi connectivity index (χ2v) is 7.69. The minimum Gasteiger partial charge on any atom is -0.340 e. The van der Waals surface area contributed by atoms with Crippen LogP contribution in [0.2, 0.25) is 0 Å². The Morgan fingerprint density at radius 1 is 1.24 bits per heavy atom. The lowest BCUT2D eigenvalue weighted by Gasteiger charge is -2.29. The summed E-state index contributed by atoms with van der Waals surface area (Å²) in [5.41, 5.74) is 0.644. The van der Waals surface area contributed by atoms with Crippen molar-refractivity contribution >= 4 is 5.91 Å². The Morgan fingerprint density at radius 3 is 2.44 bits per heavy atom. The van der Waals surface area contributed by atoms with Crippen LogP contribution in [0, 0.1) is 11.2 Å². The summed E-state index contributed by atoms with van der Waals surface area (Å²) in [6.45, 7) is 10.7. The summed E-state index contributed by atoms with van der Waals surface area (Å²) in [5, 5.41) is 3.93. The number of hydrogen-bond acceptors (Lipinski definition) is 4. The van der Waals surface area contributed by atoms with Gasteiger partial charge in [0.25, 0.3) is 0 Å². The summed E-state index contributed by atoms with van der Waals surface area (Å²) in [5.74, 6) is 0.707. The monoisotopic (exact) mass is 347 g/mol. The number of carbonyl (C=O) groups excluding carboxylic acids is 1. The Hall–Kier alpha value is -2.24. The number of hydrogen-bond donors (Lipinski definition) is 0. The van der Waals surface area contributed by atoms with E-state index in [9.17, 15) is 9.18 Å². The highest BCUT2D eigenvalue weighted by molar-refractivity contribution is 5.77. The maximum Gasteiger partial charge on any atom is 0.228 e. The second-order valence-electron chi connectivity index (χ2n) is 7.69. The van der Waals surface area contributed by atoms with E-state index >= 15 is 0 Å². The van der Waals surface area contributed by atoms with Crippen LogP contribution < -0.4 is 0 Å². The van der Waals surface area contributed by atoms with Crippen LogP contribution in [0.25, 0.3) is 11.4 Å². The molecule has 0 aliphatic heterocycles. The highest BCUT2D eigenvalue weighted by atomic mass is 19.1. The predicted molar refractivity (Wildman–Crippen MR) is 94.3 cm³/mol. The summed E-state index contributed by atoms with van der Waals surface area (Å²) in [4.78, 5) is 18.7. The van der Waals surface area contributed by atoms with Gasteiger partial charge in [-0.15, -0.1) is 0 Å². The van der Waals surface area contributed by atoms with Crippen LogP contribution in [0.1, 0.15) is 46.9 Å². The maximum absolute atomic E-state index is 13.0. The molecule has 1 aromatic carbocycles. The summed E-state index contributed by atoms with van der Waals surface area (Å²) in [7, 11) is 0. The van der Waals surface area contributed by atoms with Crippen molar-refractivity contribution in [1.82, 2.24) is 15.0 Å². The first-order chi connectivity index (χ1) is 11.7. The van der Waals surface area contributed by atoms with Gasteiger partial charge in [-0.05, 0) is 43.5 Å². The molecule has 0 aliphatic carbocycles. The highest BCUT2D eigenvalue weighted by Gasteiger charge is 2.23. The van der Waals surface area contributed by atoms with Gasteiger partial charge in [-0.1, -0.05) is 25.9 Å². The van der Waals surface area contributed by atoms with Gasteiger partial charge in [0, 0.05) is 31.0 Å². The number of amides is 1. The molecule has 6 heteroatoms. The third-order valence-corrected chi connectivity index (χ3v) is 3.76. The molecule has 5 nitrogen and oxygen atoms in total. The van der Waals surface area contributed by atoms with Gasteiger partial charge in [0.1, 0.15) is 5.82 Å². The van der Waals surface area contributed by atoms with Crippen molar-refractivity contribution < 1.29 is 13.7 Å². The third-order valence-electron chi connectivity index (χ3n) is 3.76. The van der Waals surface area contributed by atoms with Crippen LogP contribution >= 0.6 is 0 Å². The van der Waals surface area contributed by atoms with E-state index in [2.05, 4.69) is 30.9 Å². The number of benzene rings is 1. The Balaban J connectivity index is 2.01. The SMILES string of the molecule is CC(C)N(CCc1nc(-c2ccc(F)cc2)no1)C(=O)CC(C)(C)C. The largest absolute Gasteiger partial charge is 0.340 e. The number of halogens is 1. The average Bonchev–Trinajstić information content (AvgIpc) is 2.95. The zero-order valence-corrected chi connectivity index (χ0v) is 15.5. The Kier molecular flexibility index (Phi) is 5.93. The molecule has 1 aromatic heterocycles. The van der Waals surface area contributed by atoms with E-state index in [1.54, 1.807) is 12.1 Å². The lowest BCUT2D eigenvalue weighted by molar-refractivity contribution is -0.134. The summed E-state index contributed by atoms with van der Waals surface area (Å²) in [6.07, 6.45) is 0.984. The van der Waals surface area contributed by atoms with Crippen LogP contribution in [0.5, 0.6) is 0 Å². The van der Waals surface area contributed by atoms with E-state index in [1.165, 1.54) is 12.1 Å². The molecule has 0 unspecified atom stereocenters. The predicted octanol–water partition coefficient (Wildman–Crippen LogP) is 4.09. The number of nitrogens with zero attached hydrogens (tertiary/aromatic N) is 3. The number of rotatable bonds is 6. The molecule has 0 radical (unpaired) electrons. The normalized spacial score (nSPS) is 11.8. The molecule has 2 rings (SSSR count). The molecule has 1 amide bonds. The van der Waals surface area contributed by atoms with Gasteiger partial charge in [-0.25, -0.2) is 4.39 Å². The molecule has 0 fully saturated rings. The summed E-state index contributed by atoms with van der Waals surface area (Å²) >= 11 is 0. The van der Waals surface area contributed by atoms with Gasteiger partial charge in [-0.3, -0.25) is 4.79 Å².